The number of piperazine rings is 1. The summed E-state index contributed by atoms with van der Waals surface area (Å²) < 4.78 is 11.0. The summed E-state index contributed by atoms with van der Waals surface area (Å²) in [7, 11) is 0. The molecule has 2 fully saturated rings. The molecule has 0 aromatic heterocycles. The van der Waals surface area contributed by atoms with E-state index in [1.54, 1.807) is 0 Å². The molecule has 0 unspecified atom stereocenters. The molecule has 5 nitrogen and oxygen atoms in total. The van der Waals surface area contributed by atoms with Crippen molar-refractivity contribution in [1.82, 2.24) is 10.2 Å². The van der Waals surface area contributed by atoms with Crippen molar-refractivity contribution in [3.05, 3.63) is 0 Å². The van der Waals surface area contributed by atoms with Gasteiger partial charge in [-0.3, -0.25) is 4.79 Å². The van der Waals surface area contributed by atoms with Crippen LogP contribution in [0.15, 0.2) is 0 Å². The number of carbonyl (C=O) groups is 1. The normalized spacial score (nSPS) is 29.5. The maximum Gasteiger partial charge on any atom is 0.224 e. The molecule has 0 bridgehead atoms. The summed E-state index contributed by atoms with van der Waals surface area (Å²) in [5.74, 6) is 0.215. The summed E-state index contributed by atoms with van der Waals surface area (Å²) in [5.41, 5.74) is 0. The van der Waals surface area contributed by atoms with Gasteiger partial charge in [0, 0.05) is 38.4 Å². The van der Waals surface area contributed by atoms with Gasteiger partial charge in [-0.25, -0.2) is 0 Å². The lowest BCUT2D eigenvalue weighted by Gasteiger charge is -2.36. The molecule has 2 saturated heterocycles. The van der Waals surface area contributed by atoms with Crippen LogP contribution in [0.25, 0.3) is 0 Å². The van der Waals surface area contributed by atoms with Crippen molar-refractivity contribution in [3.8, 4) is 0 Å². The highest BCUT2D eigenvalue weighted by atomic mass is 16.5. The zero-order chi connectivity index (χ0) is 13.7. The molecule has 0 aromatic rings. The molecular formula is C14H26N2O3. The largest absolute Gasteiger partial charge is 0.381 e. The first-order chi connectivity index (χ1) is 9.15. The first kappa shape index (κ1) is 14.8. The number of carbonyl (C=O) groups excluding carboxylic acids is 1. The molecule has 0 saturated carbocycles. The fourth-order valence-electron chi connectivity index (χ4n) is 2.84. The molecule has 0 aliphatic carbocycles. The fourth-order valence-corrected chi connectivity index (χ4v) is 2.84. The van der Waals surface area contributed by atoms with E-state index in [-0.39, 0.29) is 12.0 Å². The van der Waals surface area contributed by atoms with Gasteiger partial charge in [0.15, 0.2) is 0 Å². The highest BCUT2D eigenvalue weighted by Crippen LogP contribution is 2.11. The van der Waals surface area contributed by atoms with E-state index in [4.69, 9.17) is 9.47 Å². The first-order valence-electron chi connectivity index (χ1n) is 7.38. The van der Waals surface area contributed by atoms with Crippen molar-refractivity contribution in [1.29, 1.82) is 0 Å². The Labute approximate surface area is 115 Å². The number of nitrogens with one attached hydrogen (secondary N) is 1. The van der Waals surface area contributed by atoms with Crippen LogP contribution >= 0.6 is 0 Å². The van der Waals surface area contributed by atoms with Crippen LogP contribution in [0.1, 0.15) is 33.1 Å². The van der Waals surface area contributed by atoms with E-state index in [9.17, 15) is 4.79 Å². The molecule has 1 amide bonds. The molecule has 5 heteroatoms. The lowest BCUT2D eigenvalue weighted by Crippen LogP contribution is -2.56. The molecule has 0 radical (unpaired) electrons. The van der Waals surface area contributed by atoms with Gasteiger partial charge in [-0.05, 0) is 26.7 Å². The number of hydrogen-bond acceptors (Lipinski definition) is 4. The smallest absolute Gasteiger partial charge is 0.224 e. The molecular weight excluding hydrogens is 244 g/mol. The van der Waals surface area contributed by atoms with E-state index >= 15 is 0 Å². The van der Waals surface area contributed by atoms with Crippen molar-refractivity contribution in [2.45, 2.75) is 51.3 Å². The van der Waals surface area contributed by atoms with Crippen LogP contribution in [0.3, 0.4) is 0 Å². The Balaban J connectivity index is 1.65. The molecule has 2 aliphatic heterocycles. The van der Waals surface area contributed by atoms with E-state index in [0.29, 0.717) is 25.1 Å². The number of rotatable bonds is 4. The quantitative estimate of drug-likeness (QED) is 0.820. The lowest BCUT2D eigenvalue weighted by molar-refractivity contribution is -0.135. The SMILES string of the molecule is C[C@@H]1CN(C(=O)CCOC2CCOCC2)C[C@H](C)N1. The van der Waals surface area contributed by atoms with Crippen LogP contribution in [0, 0.1) is 0 Å². The van der Waals surface area contributed by atoms with E-state index in [2.05, 4.69) is 19.2 Å². The molecule has 0 spiro atoms. The second-order valence-electron chi connectivity index (χ2n) is 5.70. The van der Waals surface area contributed by atoms with Gasteiger partial charge in [-0.2, -0.15) is 0 Å². The van der Waals surface area contributed by atoms with Gasteiger partial charge in [0.05, 0.1) is 19.1 Å². The van der Waals surface area contributed by atoms with Crippen LogP contribution in [0.4, 0.5) is 0 Å². The molecule has 2 rings (SSSR count). The zero-order valence-electron chi connectivity index (χ0n) is 12.1. The van der Waals surface area contributed by atoms with Crippen molar-refractivity contribution in [2.75, 3.05) is 32.9 Å². The molecule has 2 heterocycles. The molecule has 110 valence electrons. The summed E-state index contributed by atoms with van der Waals surface area (Å²) in [5, 5.41) is 3.43. The summed E-state index contributed by atoms with van der Waals surface area (Å²) >= 11 is 0. The highest BCUT2D eigenvalue weighted by molar-refractivity contribution is 5.76. The number of nitrogens with zero attached hydrogens (tertiary/aromatic N) is 1. The monoisotopic (exact) mass is 270 g/mol. The van der Waals surface area contributed by atoms with Gasteiger partial charge in [0.25, 0.3) is 0 Å². The Morgan fingerprint density at radius 2 is 1.89 bits per heavy atom. The number of hydrogen-bond donors (Lipinski definition) is 1. The second kappa shape index (κ2) is 7.22. The van der Waals surface area contributed by atoms with Crippen molar-refractivity contribution in [3.63, 3.8) is 0 Å². The third kappa shape index (κ3) is 4.75. The van der Waals surface area contributed by atoms with E-state index in [0.717, 1.165) is 39.1 Å². The average Bonchev–Trinajstić information content (AvgIpc) is 2.38. The third-order valence-electron chi connectivity index (χ3n) is 3.75. The minimum atomic E-state index is 0.215. The van der Waals surface area contributed by atoms with Crippen LogP contribution in [-0.4, -0.2) is 61.9 Å². The molecule has 19 heavy (non-hydrogen) atoms. The molecule has 2 aliphatic rings. The predicted molar refractivity (Wildman–Crippen MR) is 73.0 cm³/mol. The maximum atomic E-state index is 12.1. The zero-order valence-corrected chi connectivity index (χ0v) is 12.1. The lowest BCUT2D eigenvalue weighted by atomic mass is 10.1. The topological polar surface area (TPSA) is 50.8 Å². The van der Waals surface area contributed by atoms with Crippen LogP contribution in [0.5, 0.6) is 0 Å². The molecule has 2 atom stereocenters. The minimum absolute atomic E-state index is 0.215. The summed E-state index contributed by atoms with van der Waals surface area (Å²) in [6.07, 6.45) is 2.69. The van der Waals surface area contributed by atoms with Gasteiger partial charge in [-0.15, -0.1) is 0 Å². The summed E-state index contributed by atoms with van der Waals surface area (Å²) in [6.45, 7) is 7.96. The van der Waals surface area contributed by atoms with Gasteiger partial charge < -0.3 is 19.7 Å². The van der Waals surface area contributed by atoms with Gasteiger partial charge in [-0.1, -0.05) is 0 Å². The Bertz CT molecular complexity index is 282. The summed E-state index contributed by atoms with van der Waals surface area (Å²) in [4.78, 5) is 14.1. The summed E-state index contributed by atoms with van der Waals surface area (Å²) in [6, 6.07) is 0.758. The van der Waals surface area contributed by atoms with Crippen molar-refractivity contribution < 1.29 is 14.3 Å². The van der Waals surface area contributed by atoms with Crippen LogP contribution in [-0.2, 0) is 14.3 Å². The van der Waals surface area contributed by atoms with Gasteiger partial charge in [0.1, 0.15) is 0 Å². The Morgan fingerprint density at radius 3 is 2.53 bits per heavy atom. The molecule has 0 aromatic carbocycles. The van der Waals surface area contributed by atoms with Gasteiger partial charge in [0.2, 0.25) is 5.91 Å². The Hall–Kier alpha value is -0.650. The first-order valence-corrected chi connectivity index (χ1v) is 7.38. The maximum absolute atomic E-state index is 12.1. The van der Waals surface area contributed by atoms with Crippen LogP contribution < -0.4 is 5.32 Å². The van der Waals surface area contributed by atoms with Crippen molar-refractivity contribution in [2.24, 2.45) is 0 Å². The second-order valence-corrected chi connectivity index (χ2v) is 5.70. The van der Waals surface area contributed by atoms with E-state index in [1.807, 2.05) is 4.90 Å². The van der Waals surface area contributed by atoms with E-state index < -0.39 is 0 Å². The van der Waals surface area contributed by atoms with Gasteiger partial charge >= 0.3 is 0 Å². The average molecular weight is 270 g/mol. The Morgan fingerprint density at radius 1 is 1.26 bits per heavy atom. The minimum Gasteiger partial charge on any atom is -0.381 e. The standard InChI is InChI=1S/C14H26N2O3/c1-11-9-16(10-12(2)15-11)14(17)5-8-19-13-3-6-18-7-4-13/h11-13,15H,3-10H2,1-2H3/t11-,12+. The fraction of sp³-hybridized carbons (Fsp3) is 0.929. The van der Waals surface area contributed by atoms with E-state index in [1.165, 1.54) is 0 Å². The third-order valence-corrected chi connectivity index (χ3v) is 3.75. The Kier molecular flexibility index (Phi) is 5.60. The predicted octanol–water partition coefficient (Wildman–Crippen LogP) is 0.781. The van der Waals surface area contributed by atoms with Crippen molar-refractivity contribution >= 4 is 5.91 Å². The number of amides is 1. The number of ether oxygens (including phenoxy) is 2. The van der Waals surface area contributed by atoms with Crippen LogP contribution in [0.2, 0.25) is 0 Å². The molecule has 1 N–H and O–H groups in total. The highest BCUT2D eigenvalue weighted by Gasteiger charge is 2.24.